The normalized spacial score (nSPS) is 11.4. The SMILES string of the molecule is COc1cc(-c2cccc(N)n2)c(OC)cc1CNC(C)(C)CO. The molecule has 0 saturated heterocycles. The van der Waals surface area contributed by atoms with Gasteiger partial charge in [-0.15, -0.1) is 0 Å². The number of aliphatic hydroxyl groups is 1. The number of rotatable bonds is 7. The summed E-state index contributed by atoms with van der Waals surface area (Å²) in [4.78, 5) is 4.35. The van der Waals surface area contributed by atoms with Crippen LogP contribution in [0.1, 0.15) is 19.4 Å². The zero-order valence-electron chi connectivity index (χ0n) is 14.6. The van der Waals surface area contributed by atoms with Gasteiger partial charge in [-0.1, -0.05) is 6.07 Å². The fraction of sp³-hybridized carbons (Fsp3) is 0.389. The second-order valence-electron chi connectivity index (χ2n) is 6.21. The van der Waals surface area contributed by atoms with Crippen LogP contribution in [0.3, 0.4) is 0 Å². The van der Waals surface area contributed by atoms with Crippen LogP contribution in [0, 0.1) is 0 Å². The van der Waals surface area contributed by atoms with Crippen LogP contribution in [0.25, 0.3) is 11.3 Å². The Morgan fingerprint density at radius 3 is 2.46 bits per heavy atom. The van der Waals surface area contributed by atoms with Gasteiger partial charge in [0.2, 0.25) is 0 Å². The number of pyridine rings is 1. The molecule has 0 aliphatic carbocycles. The van der Waals surface area contributed by atoms with Crippen LogP contribution in [0.15, 0.2) is 30.3 Å². The maximum Gasteiger partial charge on any atom is 0.128 e. The minimum Gasteiger partial charge on any atom is -0.496 e. The highest BCUT2D eigenvalue weighted by Gasteiger charge is 2.18. The highest BCUT2D eigenvalue weighted by molar-refractivity contribution is 5.71. The van der Waals surface area contributed by atoms with Crippen LogP contribution in [0.5, 0.6) is 11.5 Å². The second kappa shape index (κ2) is 7.51. The number of hydrogen-bond acceptors (Lipinski definition) is 6. The van der Waals surface area contributed by atoms with Crippen molar-refractivity contribution in [2.24, 2.45) is 0 Å². The summed E-state index contributed by atoms with van der Waals surface area (Å²) in [5.74, 6) is 1.85. The standard InChI is InChI=1S/C18H25N3O3/c1-18(2,11-22)20-10-12-8-16(24-4)13(9-15(12)23-3)14-6-5-7-17(19)21-14/h5-9,20,22H,10-11H2,1-4H3,(H2,19,21). The number of anilines is 1. The molecule has 0 amide bonds. The molecule has 0 fully saturated rings. The molecule has 1 heterocycles. The van der Waals surface area contributed by atoms with Crippen molar-refractivity contribution >= 4 is 5.82 Å². The fourth-order valence-corrected chi connectivity index (χ4v) is 2.29. The quantitative estimate of drug-likeness (QED) is 0.721. The molecule has 4 N–H and O–H groups in total. The summed E-state index contributed by atoms with van der Waals surface area (Å²) in [6.45, 7) is 4.44. The number of benzene rings is 1. The molecule has 2 rings (SSSR count). The zero-order chi connectivity index (χ0) is 17.7. The third-order valence-corrected chi connectivity index (χ3v) is 3.80. The number of aromatic nitrogens is 1. The maximum atomic E-state index is 9.38. The van der Waals surface area contributed by atoms with Gasteiger partial charge in [-0.3, -0.25) is 0 Å². The molecule has 2 aromatic rings. The molecule has 0 atom stereocenters. The summed E-state index contributed by atoms with van der Waals surface area (Å²) in [6.07, 6.45) is 0. The first-order valence-electron chi connectivity index (χ1n) is 7.74. The third-order valence-electron chi connectivity index (χ3n) is 3.80. The molecule has 6 heteroatoms. The molecule has 0 bridgehead atoms. The van der Waals surface area contributed by atoms with E-state index in [4.69, 9.17) is 15.2 Å². The lowest BCUT2D eigenvalue weighted by atomic mass is 10.0. The van der Waals surface area contributed by atoms with Crippen LogP contribution in [-0.2, 0) is 6.54 Å². The van der Waals surface area contributed by atoms with Gasteiger partial charge in [-0.05, 0) is 38.1 Å². The number of nitrogens with zero attached hydrogens (tertiary/aromatic N) is 1. The monoisotopic (exact) mass is 331 g/mol. The highest BCUT2D eigenvalue weighted by atomic mass is 16.5. The molecule has 1 aromatic carbocycles. The second-order valence-corrected chi connectivity index (χ2v) is 6.21. The van der Waals surface area contributed by atoms with E-state index in [1.54, 1.807) is 20.3 Å². The highest BCUT2D eigenvalue weighted by Crippen LogP contribution is 2.35. The van der Waals surface area contributed by atoms with Gasteiger partial charge in [-0.25, -0.2) is 4.98 Å². The summed E-state index contributed by atoms with van der Waals surface area (Å²) in [5.41, 5.74) is 7.87. The van der Waals surface area contributed by atoms with Crippen molar-refractivity contribution in [2.45, 2.75) is 25.9 Å². The lowest BCUT2D eigenvalue weighted by Gasteiger charge is -2.24. The predicted octanol–water partition coefficient (Wildman–Crippen LogP) is 2.21. The summed E-state index contributed by atoms with van der Waals surface area (Å²) >= 11 is 0. The van der Waals surface area contributed by atoms with Gasteiger partial charge in [0.05, 0.1) is 26.5 Å². The Balaban J connectivity index is 2.42. The van der Waals surface area contributed by atoms with E-state index in [2.05, 4.69) is 10.3 Å². The summed E-state index contributed by atoms with van der Waals surface area (Å²) in [7, 11) is 3.24. The van der Waals surface area contributed by atoms with Crippen molar-refractivity contribution in [1.29, 1.82) is 0 Å². The molecule has 0 saturated carbocycles. The van der Waals surface area contributed by atoms with E-state index >= 15 is 0 Å². The molecular weight excluding hydrogens is 306 g/mol. The van der Waals surface area contributed by atoms with Crippen LogP contribution in [-0.4, -0.2) is 36.5 Å². The minimum absolute atomic E-state index is 0.0394. The van der Waals surface area contributed by atoms with Crippen molar-refractivity contribution < 1.29 is 14.6 Å². The number of nitrogens with two attached hydrogens (primary N) is 1. The minimum atomic E-state index is -0.383. The first-order valence-corrected chi connectivity index (χ1v) is 7.74. The van der Waals surface area contributed by atoms with Gasteiger partial charge in [0.1, 0.15) is 17.3 Å². The van der Waals surface area contributed by atoms with Crippen molar-refractivity contribution in [3.63, 3.8) is 0 Å². The molecule has 1 aromatic heterocycles. The number of ether oxygens (including phenoxy) is 2. The Hall–Kier alpha value is -2.31. The number of hydrogen-bond donors (Lipinski definition) is 3. The number of nitrogen functional groups attached to an aromatic ring is 1. The zero-order valence-corrected chi connectivity index (χ0v) is 14.6. The van der Waals surface area contributed by atoms with Crippen LogP contribution in [0.4, 0.5) is 5.82 Å². The number of nitrogens with one attached hydrogen (secondary N) is 1. The van der Waals surface area contributed by atoms with E-state index in [1.807, 2.05) is 38.1 Å². The van der Waals surface area contributed by atoms with Gasteiger partial charge in [0.25, 0.3) is 0 Å². The lowest BCUT2D eigenvalue weighted by molar-refractivity contribution is 0.187. The van der Waals surface area contributed by atoms with Gasteiger partial charge in [-0.2, -0.15) is 0 Å². The fourth-order valence-electron chi connectivity index (χ4n) is 2.29. The Morgan fingerprint density at radius 1 is 1.17 bits per heavy atom. The first-order chi connectivity index (χ1) is 11.4. The van der Waals surface area contributed by atoms with E-state index in [0.717, 1.165) is 22.6 Å². The molecule has 0 spiro atoms. The molecule has 24 heavy (non-hydrogen) atoms. The lowest BCUT2D eigenvalue weighted by Crippen LogP contribution is -2.42. The average Bonchev–Trinajstić information content (AvgIpc) is 2.59. The van der Waals surface area contributed by atoms with Crippen LogP contribution in [0.2, 0.25) is 0 Å². The number of methoxy groups -OCH3 is 2. The Labute approximate surface area is 142 Å². The van der Waals surface area contributed by atoms with E-state index in [1.165, 1.54) is 0 Å². The van der Waals surface area contributed by atoms with Crippen molar-refractivity contribution in [3.8, 4) is 22.8 Å². The topological polar surface area (TPSA) is 89.6 Å². The van der Waals surface area contributed by atoms with E-state index < -0.39 is 0 Å². The number of aliphatic hydroxyl groups excluding tert-OH is 1. The predicted molar refractivity (Wildman–Crippen MR) is 95.2 cm³/mol. The largest absolute Gasteiger partial charge is 0.496 e. The molecular formula is C18H25N3O3. The van der Waals surface area contributed by atoms with Crippen molar-refractivity contribution in [1.82, 2.24) is 10.3 Å². The Morgan fingerprint density at radius 2 is 1.88 bits per heavy atom. The van der Waals surface area contributed by atoms with Crippen molar-refractivity contribution in [3.05, 3.63) is 35.9 Å². The molecule has 130 valence electrons. The first kappa shape index (κ1) is 18.0. The molecule has 0 unspecified atom stereocenters. The Kier molecular flexibility index (Phi) is 5.64. The summed E-state index contributed by atoms with van der Waals surface area (Å²) in [5, 5.41) is 12.7. The van der Waals surface area contributed by atoms with E-state index in [9.17, 15) is 5.11 Å². The smallest absolute Gasteiger partial charge is 0.128 e. The van der Waals surface area contributed by atoms with Crippen molar-refractivity contribution in [2.75, 3.05) is 26.6 Å². The summed E-state index contributed by atoms with van der Waals surface area (Å²) < 4.78 is 11.0. The van der Waals surface area contributed by atoms with Gasteiger partial charge >= 0.3 is 0 Å². The molecule has 0 aliphatic heterocycles. The van der Waals surface area contributed by atoms with Crippen LogP contribution < -0.4 is 20.5 Å². The van der Waals surface area contributed by atoms with Crippen LogP contribution >= 0.6 is 0 Å². The van der Waals surface area contributed by atoms with E-state index in [0.29, 0.717) is 18.1 Å². The molecule has 6 nitrogen and oxygen atoms in total. The average molecular weight is 331 g/mol. The Bertz CT molecular complexity index is 702. The molecule has 0 radical (unpaired) electrons. The third kappa shape index (κ3) is 4.15. The van der Waals surface area contributed by atoms with Gasteiger partial charge < -0.3 is 25.6 Å². The van der Waals surface area contributed by atoms with Gasteiger partial charge in [0, 0.05) is 23.2 Å². The molecule has 0 aliphatic rings. The summed E-state index contributed by atoms with van der Waals surface area (Å²) in [6, 6.07) is 9.27. The van der Waals surface area contributed by atoms with Gasteiger partial charge in [0.15, 0.2) is 0 Å². The van der Waals surface area contributed by atoms with E-state index in [-0.39, 0.29) is 12.1 Å². The maximum absolute atomic E-state index is 9.38.